The Morgan fingerprint density at radius 3 is 2.51 bits per heavy atom. The van der Waals surface area contributed by atoms with Crippen molar-refractivity contribution in [2.45, 2.75) is 109 Å². The van der Waals surface area contributed by atoms with Gasteiger partial charge in [0.2, 0.25) is 11.8 Å². The molecule has 246 valence electrons. The minimum absolute atomic E-state index is 0.162. The van der Waals surface area contributed by atoms with Crippen LogP contribution in [0.1, 0.15) is 89.7 Å². The number of fused-ring (bicyclic) bond motifs is 3. The van der Waals surface area contributed by atoms with Crippen molar-refractivity contribution in [2.24, 2.45) is 11.3 Å². The second-order valence-corrected chi connectivity index (χ2v) is 15.5. The number of allylic oxidation sites excluding steroid dienone is 2. The lowest BCUT2D eigenvalue weighted by atomic mass is 9.91. The Bertz CT molecular complexity index is 1450. The Hall–Kier alpha value is -3.25. The highest BCUT2D eigenvalue weighted by atomic mass is 32.2. The van der Waals surface area contributed by atoms with Crippen LogP contribution in [0, 0.1) is 11.3 Å². The molecule has 0 aromatic heterocycles. The van der Waals surface area contributed by atoms with Crippen molar-refractivity contribution < 1.29 is 32.3 Å². The number of benzene rings is 1. The van der Waals surface area contributed by atoms with E-state index >= 15 is 0 Å². The number of hydrogen-bond donors (Lipinski definition) is 2. The van der Waals surface area contributed by atoms with Crippen LogP contribution in [0.25, 0.3) is 0 Å². The molecule has 12 heteroatoms. The number of ether oxygens (including phenoxy) is 1. The number of ketones is 1. The Kier molecular flexibility index (Phi) is 9.74. The molecule has 0 bridgehead atoms. The van der Waals surface area contributed by atoms with E-state index in [1.807, 2.05) is 36.4 Å². The number of carbonyl (C=O) groups excluding carboxylic acids is 4. The number of nitrogens with one attached hydrogen (secondary N) is 2. The summed E-state index contributed by atoms with van der Waals surface area (Å²) in [6.07, 6.45) is 8.66. The largest absolute Gasteiger partial charge is 0.444 e. The zero-order chi connectivity index (χ0) is 32.4. The second kappa shape index (κ2) is 13.2. The van der Waals surface area contributed by atoms with E-state index in [0.29, 0.717) is 45.1 Å². The number of nitrogens with zero attached hydrogens (tertiary/aromatic N) is 2. The number of hydrogen-bond acceptors (Lipinski definition) is 7. The number of alkyl carbamates (subject to hydrolysis) is 1. The fourth-order valence-electron chi connectivity index (χ4n) is 6.84. The number of rotatable bonds is 4. The van der Waals surface area contributed by atoms with Crippen LogP contribution in [-0.2, 0) is 42.3 Å². The van der Waals surface area contributed by atoms with Crippen LogP contribution in [0.4, 0.5) is 4.79 Å². The summed E-state index contributed by atoms with van der Waals surface area (Å²) in [5, 5.41) is 2.74. The predicted octanol–water partition coefficient (Wildman–Crippen LogP) is 3.78. The minimum Gasteiger partial charge on any atom is -0.444 e. The lowest BCUT2D eigenvalue weighted by Gasteiger charge is -2.31. The summed E-state index contributed by atoms with van der Waals surface area (Å²) < 4.78 is 35.9. The summed E-state index contributed by atoms with van der Waals surface area (Å²) in [7, 11) is -4.15. The van der Waals surface area contributed by atoms with Gasteiger partial charge in [0.25, 0.3) is 0 Å². The van der Waals surface area contributed by atoms with Gasteiger partial charge in [-0.25, -0.2) is 9.52 Å². The molecule has 4 atom stereocenters. The van der Waals surface area contributed by atoms with Gasteiger partial charge in [0.15, 0.2) is 5.78 Å². The van der Waals surface area contributed by atoms with Gasteiger partial charge in [0.1, 0.15) is 11.6 Å². The van der Waals surface area contributed by atoms with Crippen LogP contribution in [-0.4, -0.2) is 72.1 Å². The Labute approximate surface area is 266 Å². The smallest absolute Gasteiger partial charge is 0.408 e. The zero-order valence-corrected chi connectivity index (χ0v) is 27.4. The van der Waals surface area contributed by atoms with E-state index in [9.17, 15) is 27.6 Å². The van der Waals surface area contributed by atoms with E-state index < -0.39 is 45.3 Å². The fraction of sp³-hybridized carbons (Fsp3) is 0.636. The molecule has 4 aliphatic rings. The summed E-state index contributed by atoms with van der Waals surface area (Å²) in [4.78, 5) is 55.6. The molecular weight excluding hydrogens is 596 g/mol. The molecule has 5 rings (SSSR count). The van der Waals surface area contributed by atoms with E-state index in [-0.39, 0.29) is 37.1 Å². The maximum absolute atomic E-state index is 13.9. The zero-order valence-electron chi connectivity index (χ0n) is 26.5. The quantitative estimate of drug-likeness (QED) is 0.476. The van der Waals surface area contributed by atoms with Gasteiger partial charge < -0.3 is 15.0 Å². The van der Waals surface area contributed by atoms with Crippen molar-refractivity contribution in [2.75, 3.05) is 13.1 Å². The predicted molar refractivity (Wildman–Crippen MR) is 168 cm³/mol. The van der Waals surface area contributed by atoms with E-state index in [4.69, 9.17) is 4.74 Å². The number of Topliss-reactive ketones (excluding diaryl/α,β-unsaturated/α-hetero) is 1. The Balaban J connectivity index is 1.33. The average Bonchev–Trinajstić information content (AvgIpc) is 3.43. The molecule has 2 N–H and O–H groups in total. The van der Waals surface area contributed by atoms with Crippen molar-refractivity contribution in [1.82, 2.24) is 19.2 Å². The Morgan fingerprint density at radius 2 is 1.76 bits per heavy atom. The van der Waals surface area contributed by atoms with E-state index in [1.165, 1.54) is 9.21 Å². The van der Waals surface area contributed by atoms with Crippen molar-refractivity contribution in [1.29, 1.82) is 0 Å². The molecule has 2 fully saturated rings. The van der Waals surface area contributed by atoms with Gasteiger partial charge in [-0.3, -0.25) is 14.4 Å². The molecule has 1 saturated heterocycles. The van der Waals surface area contributed by atoms with Crippen molar-refractivity contribution in [3.05, 3.63) is 47.5 Å². The molecule has 45 heavy (non-hydrogen) atoms. The normalized spacial score (nSPS) is 28.9. The highest BCUT2D eigenvalue weighted by Crippen LogP contribution is 2.57. The van der Waals surface area contributed by atoms with Crippen molar-refractivity contribution in [3.8, 4) is 0 Å². The Morgan fingerprint density at radius 1 is 1.00 bits per heavy atom. The average molecular weight is 643 g/mol. The molecular formula is C33H46N4O7S. The van der Waals surface area contributed by atoms with E-state index in [0.717, 1.165) is 30.4 Å². The van der Waals surface area contributed by atoms with Gasteiger partial charge in [-0.1, -0.05) is 49.3 Å². The summed E-state index contributed by atoms with van der Waals surface area (Å²) in [6.45, 7) is 6.05. The van der Waals surface area contributed by atoms with Crippen LogP contribution in [0.15, 0.2) is 36.4 Å². The fourth-order valence-corrected chi connectivity index (χ4v) is 8.05. The van der Waals surface area contributed by atoms with Crippen LogP contribution in [0.2, 0.25) is 0 Å². The monoisotopic (exact) mass is 642 g/mol. The topological polar surface area (TPSA) is 142 Å². The maximum Gasteiger partial charge on any atom is 0.408 e. The SMILES string of the molecule is CC(C)(C)OC(=O)N[C@H]1CCCCC/C=C\[C@@H]2C[C@@]2(C(=O)NS(=O)(=O)N2CCc3ccccc3C2)CC(=O)[C@@H]2CCCN2C1=O. The summed E-state index contributed by atoms with van der Waals surface area (Å²) in [5.41, 5.74) is 0.0713. The van der Waals surface area contributed by atoms with Crippen LogP contribution in [0.5, 0.6) is 0 Å². The summed E-state index contributed by atoms with van der Waals surface area (Å²) in [6, 6.07) is 6.08. The first-order chi connectivity index (χ1) is 21.3. The third-order valence-corrected chi connectivity index (χ3v) is 10.8. The first kappa shape index (κ1) is 33.1. The molecule has 1 aromatic carbocycles. The molecule has 11 nitrogen and oxygen atoms in total. The van der Waals surface area contributed by atoms with Crippen LogP contribution < -0.4 is 10.0 Å². The maximum atomic E-state index is 13.9. The molecule has 1 aliphatic carbocycles. The molecule has 1 saturated carbocycles. The molecule has 0 unspecified atom stereocenters. The van der Waals surface area contributed by atoms with Gasteiger partial charge >= 0.3 is 16.3 Å². The van der Waals surface area contributed by atoms with E-state index in [2.05, 4.69) is 10.0 Å². The van der Waals surface area contributed by atoms with E-state index in [1.54, 1.807) is 20.8 Å². The van der Waals surface area contributed by atoms with Gasteiger partial charge in [0, 0.05) is 26.1 Å². The third kappa shape index (κ3) is 7.77. The first-order valence-electron chi connectivity index (χ1n) is 16.2. The van der Waals surface area contributed by atoms with Gasteiger partial charge in [0.05, 0.1) is 11.5 Å². The molecule has 1 aromatic rings. The van der Waals surface area contributed by atoms with Crippen LogP contribution in [0.3, 0.4) is 0 Å². The highest BCUT2D eigenvalue weighted by molar-refractivity contribution is 7.87. The lowest BCUT2D eigenvalue weighted by Crippen LogP contribution is -2.53. The molecule has 0 radical (unpaired) electrons. The number of carbonyl (C=O) groups is 4. The van der Waals surface area contributed by atoms with Gasteiger partial charge in [-0.05, 0) is 82.8 Å². The number of amides is 3. The third-order valence-electron chi connectivity index (χ3n) is 9.36. The van der Waals surface area contributed by atoms with Crippen LogP contribution >= 0.6 is 0 Å². The standard InChI is InChI=1S/C33H46N4O7S/c1-32(2,3)44-31(41)34-26-15-8-6-4-5-7-14-25-20-33(25,21-28(38)27-16-11-18-37(27)29(26)39)30(40)35-45(42,43)36-19-17-23-12-9-10-13-24(23)22-36/h7,9-10,12-14,25-27H,4-6,8,11,15-22H2,1-3H3,(H,34,41)(H,35,40)/b14-7-/t25-,26+,27+,33-/m1/s1. The molecule has 3 amide bonds. The molecule has 3 heterocycles. The second-order valence-electron chi connectivity index (χ2n) is 13.9. The summed E-state index contributed by atoms with van der Waals surface area (Å²) >= 11 is 0. The first-order valence-corrected chi connectivity index (χ1v) is 17.6. The van der Waals surface area contributed by atoms with Gasteiger partial charge in [-0.2, -0.15) is 12.7 Å². The van der Waals surface area contributed by atoms with Gasteiger partial charge in [-0.15, -0.1) is 0 Å². The summed E-state index contributed by atoms with van der Waals surface area (Å²) in [5.74, 6) is -1.53. The highest BCUT2D eigenvalue weighted by Gasteiger charge is 2.61. The molecule has 3 aliphatic heterocycles. The lowest BCUT2D eigenvalue weighted by molar-refractivity contribution is -0.140. The van der Waals surface area contributed by atoms with Crippen molar-refractivity contribution in [3.63, 3.8) is 0 Å². The minimum atomic E-state index is -4.15. The molecule has 0 spiro atoms. The van der Waals surface area contributed by atoms with Crippen molar-refractivity contribution >= 4 is 33.9 Å².